The molecule has 0 aliphatic rings. The average Bonchev–Trinajstić information content (AvgIpc) is 2.55. The first kappa shape index (κ1) is 15.8. The Labute approximate surface area is 126 Å². The van der Waals surface area contributed by atoms with Crippen LogP contribution in [0.2, 0.25) is 0 Å². The summed E-state index contributed by atoms with van der Waals surface area (Å²) in [5.41, 5.74) is -0.0466. The van der Waals surface area contributed by atoms with E-state index in [4.69, 9.17) is 9.47 Å². The lowest BCUT2D eigenvalue weighted by molar-refractivity contribution is 0.0587. The van der Waals surface area contributed by atoms with Crippen LogP contribution in [0.4, 0.5) is 8.78 Å². The Hall–Kier alpha value is -2.63. The zero-order chi connectivity index (χ0) is 16.1. The van der Waals surface area contributed by atoms with Gasteiger partial charge in [0.2, 0.25) is 0 Å². The summed E-state index contributed by atoms with van der Waals surface area (Å²) in [5.74, 6) is -3.98. The summed E-state index contributed by atoms with van der Waals surface area (Å²) in [5, 5.41) is 0. The molecule has 0 radical (unpaired) electrons. The quantitative estimate of drug-likeness (QED) is 0.795. The van der Waals surface area contributed by atoms with Crippen molar-refractivity contribution < 1.29 is 27.8 Å². The van der Waals surface area contributed by atoms with Crippen molar-refractivity contribution >= 4 is 5.97 Å². The molecule has 0 bridgehead atoms. The number of rotatable bonds is 5. The summed E-state index contributed by atoms with van der Waals surface area (Å²) in [4.78, 5) is 11.5. The lowest BCUT2D eigenvalue weighted by Crippen LogP contribution is -2.11. The summed E-state index contributed by atoms with van der Waals surface area (Å²) in [7, 11) is 2.24. The lowest BCUT2D eigenvalue weighted by atomic mass is 10.1. The van der Waals surface area contributed by atoms with Crippen LogP contribution in [0, 0.1) is 11.6 Å². The molecule has 0 heterocycles. The second kappa shape index (κ2) is 6.89. The number of carbonyl (C=O) groups excluding carboxylic acids is 1. The van der Waals surface area contributed by atoms with Crippen molar-refractivity contribution in [3.8, 4) is 11.5 Å². The van der Waals surface area contributed by atoms with Gasteiger partial charge < -0.3 is 14.2 Å². The van der Waals surface area contributed by atoms with Crippen molar-refractivity contribution in [2.45, 2.75) is 6.61 Å². The number of carbonyl (C=O) groups is 1. The molecule has 0 aliphatic carbocycles. The molecule has 2 aromatic rings. The van der Waals surface area contributed by atoms with Gasteiger partial charge >= 0.3 is 5.97 Å². The van der Waals surface area contributed by atoms with Gasteiger partial charge in [0.15, 0.2) is 23.1 Å². The summed E-state index contributed by atoms with van der Waals surface area (Å²) < 4.78 is 42.8. The molecule has 0 aromatic heterocycles. The van der Waals surface area contributed by atoms with Crippen LogP contribution >= 0.6 is 0 Å². The van der Waals surface area contributed by atoms with Crippen molar-refractivity contribution in [2.24, 2.45) is 0 Å². The monoisotopic (exact) mass is 308 g/mol. The van der Waals surface area contributed by atoms with Crippen LogP contribution in [-0.2, 0) is 11.3 Å². The number of esters is 1. The van der Waals surface area contributed by atoms with Crippen LogP contribution in [0.1, 0.15) is 15.9 Å². The van der Waals surface area contributed by atoms with Gasteiger partial charge in [-0.15, -0.1) is 0 Å². The molecule has 0 atom stereocenters. The van der Waals surface area contributed by atoms with Gasteiger partial charge in [-0.05, 0) is 5.56 Å². The smallest absolute Gasteiger partial charge is 0.344 e. The maximum Gasteiger partial charge on any atom is 0.344 e. The summed E-state index contributed by atoms with van der Waals surface area (Å²) in [6, 6.07) is 10.1. The molecule has 0 aliphatic heterocycles. The van der Waals surface area contributed by atoms with Crippen LogP contribution in [0.3, 0.4) is 0 Å². The van der Waals surface area contributed by atoms with Gasteiger partial charge in [-0.25, -0.2) is 13.6 Å². The Morgan fingerprint density at radius 2 is 1.68 bits per heavy atom. The van der Waals surface area contributed by atoms with E-state index >= 15 is 0 Å². The fourth-order valence-corrected chi connectivity index (χ4v) is 1.86. The molecule has 116 valence electrons. The molecule has 0 N–H and O–H groups in total. The second-order valence-corrected chi connectivity index (χ2v) is 4.35. The Morgan fingerprint density at radius 3 is 2.27 bits per heavy atom. The van der Waals surface area contributed by atoms with Gasteiger partial charge in [0.05, 0.1) is 14.2 Å². The summed E-state index contributed by atoms with van der Waals surface area (Å²) in [6.45, 7) is 0.0627. The van der Waals surface area contributed by atoms with Crippen molar-refractivity contribution in [2.75, 3.05) is 14.2 Å². The van der Waals surface area contributed by atoms with Gasteiger partial charge in [0.25, 0.3) is 0 Å². The molecule has 0 amide bonds. The van der Waals surface area contributed by atoms with E-state index in [1.165, 1.54) is 7.11 Å². The minimum Gasteiger partial charge on any atom is -0.494 e. The highest BCUT2D eigenvalue weighted by atomic mass is 19.1. The van der Waals surface area contributed by atoms with E-state index in [1.54, 1.807) is 24.3 Å². The summed E-state index contributed by atoms with van der Waals surface area (Å²) >= 11 is 0. The van der Waals surface area contributed by atoms with Crippen LogP contribution in [0.25, 0.3) is 0 Å². The highest BCUT2D eigenvalue weighted by Crippen LogP contribution is 2.32. The number of hydrogen-bond acceptors (Lipinski definition) is 4. The van der Waals surface area contributed by atoms with Crippen molar-refractivity contribution in [1.82, 2.24) is 0 Å². The number of ether oxygens (including phenoxy) is 3. The Balaban J connectivity index is 2.36. The van der Waals surface area contributed by atoms with E-state index in [2.05, 4.69) is 4.74 Å². The lowest BCUT2D eigenvalue weighted by Gasteiger charge is -2.13. The molecule has 0 saturated heterocycles. The Bertz CT molecular complexity index is 672. The van der Waals surface area contributed by atoms with E-state index < -0.39 is 23.2 Å². The predicted octanol–water partition coefficient (Wildman–Crippen LogP) is 3.34. The van der Waals surface area contributed by atoms with E-state index in [-0.39, 0.29) is 18.1 Å². The SMILES string of the molecule is COC(=O)c1c(F)c(OC)cc(OCc2ccccc2)c1F. The van der Waals surface area contributed by atoms with Gasteiger partial charge in [0.1, 0.15) is 12.2 Å². The number of hydrogen-bond donors (Lipinski definition) is 0. The highest BCUT2D eigenvalue weighted by molar-refractivity contribution is 5.91. The molecule has 2 aromatic carbocycles. The fourth-order valence-electron chi connectivity index (χ4n) is 1.86. The Kier molecular flexibility index (Phi) is 4.93. The zero-order valence-electron chi connectivity index (χ0n) is 12.1. The molecule has 0 spiro atoms. The van der Waals surface area contributed by atoms with Crippen molar-refractivity contribution in [1.29, 1.82) is 0 Å². The third kappa shape index (κ3) is 3.16. The highest BCUT2D eigenvalue weighted by Gasteiger charge is 2.26. The van der Waals surface area contributed by atoms with Crippen molar-refractivity contribution in [3.63, 3.8) is 0 Å². The molecule has 0 unspecified atom stereocenters. The minimum atomic E-state index is -1.14. The topological polar surface area (TPSA) is 44.8 Å². The number of methoxy groups -OCH3 is 2. The second-order valence-electron chi connectivity index (χ2n) is 4.35. The number of halogens is 2. The molecular weight excluding hydrogens is 294 g/mol. The van der Waals surface area contributed by atoms with Crippen LogP contribution in [0.15, 0.2) is 36.4 Å². The normalized spacial score (nSPS) is 10.2. The zero-order valence-corrected chi connectivity index (χ0v) is 12.1. The molecule has 0 saturated carbocycles. The van der Waals surface area contributed by atoms with Gasteiger partial charge in [-0.1, -0.05) is 30.3 Å². The molecule has 4 nitrogen and oxygen atoms in total. The fraction of sp³-hybridized carbons (Fsp3) is 0.188. The molecule has 2 rings (SSSR count). The van der Waals surface area contributed by atoms with Crippen molar-refractivity contribution in [3.05, 3.63) is 59.2 Å². The van der Waals surface area contributed by atoms with Crippen LogP contribution in [-0.4, -0.2) is 20.2 Å². The maximum absolute atomic E-state index is 14.3. The first-order valence-corrected chi connectivity index (χ1v) is 6.39. The number of benzene rings is 2. The van der Waals surface area contributed by atoms with Gasteiger partial charge in [-0.2, -0.15) is 0 Å². The van der Waals surface area contributed by atoms with Crippen LogP contribution < -0.4 is 9.47 Å². The van der Waals surface area contributed by atoms with E-state index in [0.717, 1.165) is 18.7 Å². The van der Waals surface area contributed by atoms with E-state index in [1.807, 2.05) is 6.07 Å². The molecular formula is C16H14F2O4. The summed E-state index contributed by atoms with van der Waals surface area (Å²) in [6.07, 6.45) is 0. The minimum absolute atomic E-state index is 0.0627. The van der Waals surface area contributed by atoms with Gasteiger partial charge in [0, 0.05) is 6.07 Å². The maximum atomic E-state index is 14.3. The third-order valence-electron chi connectivity index (χ3n) is 2.98. The first-order chi connectivity index (χ1) is 10.6. The predicted molar refractivity (Wildman–Crippen MR) is 75.0 cm³/mol. The Morgan fingerprint density at radius 1 is 1.05 bits per heavy atom. The average molecular weight is 308 g/mol. The third-order valence-corrected chi connectivity index (χ3v) is 2.98. The molecule has 22 heavy (non-hydrogen) atoms. The first-order valence-electron chi connectivity index (χ1n) is 6.39. The van der Waals surface area contributed by atoms with E-state index in [9.17, 15) is 13.6 Å². The van der Waals surface area contributed by atoms with E-state index in [0.29, 0.717) is 0 Å². The van der Waals surface area contributed by atoms with Crippen LogP contribution in [0.5, 0.6) is 11.5 Å². The standard InChI is InChI=1S/C16H14F2O4/c1-20-11-8-12(22-9-10-6-4-3-5-7-10)15(18)13(14(11)17)16(19)21-2/h3-8H,9H2,1-2H3. The molecule has 6 heteroatoms. The largest absolute Gasteiger partial charge is 0.494 e. The van der Waals surface area contributed by atoms with Gasteiger partial charge in [-0.3, -0.25) is 0 Å². The molecule has 0 fully saturated rings.